The molecule has 0 unspecified atom stereocenters. The van der Waals surface area contributed by atoms with Crippen molar-refractivity contribution in [2.24, 2.45) is 0 Å². The first-order valence-corrected chi connectivity index (χ1v) is 13.1. The van der Waals surface area contributed by atoms with Gasteiger partial charge < -0.3 is 29.7 Å². The first kappa shape index (κ1) is 28.8. The van der Waals surface area contributed by atoms with Gasteiger partial charge in [0, 0.05) is 43.4 Å². The minimum Gasteiger partial charge on any atom is -0.493 e. The van der Waals surface area contributed by atoms with E-state index in [0.29, 0.717) is 16.0 Å². The molecule has 0 aliphatic carbocycles. The van der Waals surface area contributed by atoms with Crippen LogP contribution in [0.2, 0.25) is 0 Å². The Kier molecular flexibility index (Phi) is 8.22. The van der Waals surface area contributed by atoms with Gasteiger partial charge in [-0.2, -0.15) is 13.9 Å². The second-order valence-corrected chi connectivity index (χ2v) is 9.90. The lowest BCUT2D eigenvalue weighted by Gasteiger charge is -2.38. The highest BCUT2D eigenvalue weighted by Gasteiger charge is 2.36. The van der Waals surface area contributed by atoms with Gasteiger partial charge in [-0.15, -0.1) is 0 Å². The van der Waals surface area contributed by atoms with Crippen LogP contribution in [-0.2, 0) is 11.3 Å². The van der Waals surface area contributed by atoms with Crippen LogP contribution in [0.3, 0.4) is 0 Å². The van der Waals surface area contributed by atoms with Crippen molar-refractivity contribution in [3.05, 3.63) is 70.8 Å². The van der Waals surface area contributed by atoms with E-state index in [4.69, 9.17) is 14.2 Å². The molecular weight excluding hydrogens is 559 g/mol. The van der Waals surface area contributed by atoms with E-state index in [1.807, 2.05) is 0 Å². The Morgan fingerprint density at radius 3 is 2.71 bits per heavy atom. The van der Waals surface area contributed by atoms with E-state index < -0.39 is 42.2 Å². The molecule has 2 aliphatic heterocycles. The lowest BCUT2D eigenvalue weighted by atomic mass is 10.0. The van der Waals surface area contributed by atoms with Gasteiger partial charge in [0.2, 0.25) is 0 Å². The van der Waals surface area contributed by atoms with Crippen molar-refractivity contribution >= 4 is 17.7 Å². The fourth-order valence-electron chi connectivity index (χ4n) is 4.89. The maximum Gasteiger partial charge on any atom is 0.333 e. The summed E-state index contributed by atoms with van der Waals surface area (Å²) >= 11 is 0. The summed E-state index contributed by atoms with van der Waals surface area (Å²) in [6.07, 6.45) is -0.463. The zero-order valence-electron chi connectivity index (χ0n) is 22.7. The molecule has 0 spiro atoms. The lowest BCUT2D eigenvalue weighted by Crippen LogP contribution is -2.58. The standard InChI is InChI=1S/C28H28F3N5O6/c1-15-7-20(34-36(15)28(30)31)27(39)35-6-5-22-21(13-35)33-26(38)17-3-4-23(40-2)24(10-17)41-14-25(37)32-12-16-8-18(29)11-19(9-16)42-22/h3-4,7-11,21-22,28H,5-6,12-14H2,1-2H3,(H,32,37)(H,33,38)/t21-,22+/m0/s1. The largest absolute Gasteiger partial charge is 0.493 e. The molecule has 1 saturated heterocycles. The molecule has 3 aromatic rings. The van der Waals surface area contributed by atoms with E-state index in [1.165, 1.54) is 55.3 Å². The van der Waals surface area contributed by atoms with E-state index >= 15 is 0 Å². The fourth-order valence-corrected chi connectivity index (χ4v) is 4.89. The number of fused-ring (bicyclic) bond motifs is 5. The van der Waals surface area contributed by atoms with Crippen molar-refractivity contribution < 1.29 is 41.8 Å². The quantitative estimate of drug-likeness (QED) is 0.483. The summed E-state index contributed by atoms with van der Waals surface area (Å²) in [6, 6.07) is 8.95. The number of rotatable bonds is 3. The van der Waals surface area contributed by atoms with Crippen LogP contribution in [0.1, 0.15) is 45.1 Å². The number of methoxy groups -OCH3 is 1. The zero-order chi connectivity index (χ0) is 30.0. The number of piperidine rings is 1. The first-order valence-electron chi connectivity index (χ1n) is 13.1. The van der Waals surface area contributed by atoms with Crippen LogP contribution in [0.5, 0.6) is 17.2 Å². The number of nitrogens with one attached hydrogen (secondary N) is 2. The topological polar surface area (TPSA) is 124 Å². The second-order valence-electron chi connectivity index (χ2n) is 9.90. The van der Waals surface area contributed by atoms with Crippen molar-refractivity contribution in [2.45, 2.75) is 38.6 Å². The molecule has 3 amide bonds. The molecule has 0 saturated carbocycles. The molecule has 5 rings (SSSR count). The van der Waals surface area contributed by atoms with Crippen molar-refractivity contribution in [1.29, 1.82) is 0 Å². The number of carbonyl (C=O) groups excluding carboxylic acids is 3. The van der Waals surface area contributed by atoms with Crippen LogP contribution in [0.15, 0.2) is 42.5 Å². The number of ether oxygens (including phenoxy) is 3. The fraction of sp³-hybridized carbons (Fsp3) is 0.357. The molecule has 11 nitrogen and oxygen atoms in total. The minimum absolute atomic E-state index is 0.00524. The SMILES string of the molecule is COc1ccc2cc1OCC(=O)NCc1cc(F)cc(c1)O[C@@H]1CCN(C(=O)c3cc(C)n(C(F)F)n3)C[C@@H]1NC2=O. The lowest BCUT2D eigenvalue weighted by molar-refractivity contribution is -0.123. The number of likely N-dealkylation sites (tertiary alicyclic amines) is 1. The molecule has 222 valence electrons. The number of aromatic nitrogens is 2. The van der Waals surface area contributed by atoms with Crippen molar-refractivity contribution in [1.82, 2.24) is 25.3 Å². The van der Waals surface area contributed by atoms with E-state index in [-0.39, 0.29) is 61.1 Å². The summed E-state index contributed by atoms with van der Waals surface area (Å²) in [5, 5.41) is 9.28. The normalized spacial score (nSPS) is 19.2. The van der Waals surface area contributed by atoms with Crippen LogP contribution in [0.4, 0.5) is 13.2 Å². The van der Waals surface area contributed by atoms with Gasteiger partial charge >= 0.3 is 6.55 Å². The molecule has 1 aromatic heterocycles. The Labute approximate surface area is 238 Å². The summed E-state index contributed by atoms with van der Waals surface area (Å²) in [5.41, 5.74) is 0.587. The van der Waals surface area contributed by atoms with Crippen molar-refractivity contribution in [3.63, 3.8) is 0 Å². The predicted molar refractivity (Wildman–Crippen MR) is 141 cm³/mol. The molecule has 0 radical (unpaired) electrons. The summed E-state index contributed by atoms with van der Waals surface area (Å²) in [5.74, 6) is -1.57. The zero-order valence-corrected chi connectivity index (χ0v) is 22.7. The van der Waals surface area contributed by atoms with Gasteiger partial charge in [-0.3, -0.25) is 14.4 Å². The number of benzene rings is 2. The van der Waals surface area contributed by atoms with Gasteiger partial charge in [-0.05, 0) is 48.9 Å². The van der Waals surface area contributed by atoms with E-state index in [9.17, 15) is 27.6 Å². The molecule has 4 bridgehead atoms. The maximum absolute atomic E-state index is 14.5. The van der Waals surface area contributed by atoms with Crippen LogP contribution in [-0.4, -0.2) is 71.4 Å². The minimum atomic E-state index is -2.90. The van der Waals surface area contributed by atoms with Crippen molar-refractivity contribution in [3.8, 4) is 17.2 Å². The first-order chi connectivity index (χ1) is 20.1. The molecule has 2 N–H and O–H groups in total. The number of alkyl halides is 2. The van der Waals surface area contributed by atoms with Crippen molar-refractivity contribution in [2.75, 3.05) is 26.8 Å². The van der Waals surface area contributed by atoms with Gasteiger partial charge in [0.05, 0.1) is 13.2 Å². The number of nitrogens with zero attached hydrogens (tertiary/aromatic N) is 3. The smallest absolute Gasteiger partial charge is 0.333 e. The van der Waals surface area contributed by atoms with Crippen LogP contribution < -0.4 is 24.8 Å². The van der Waals surface area contributed by atoms with Gasteiger partial charge in [0.1, 0.15) is 17.7 Å². The average Bonchev–Trinajstić information content (AvgIpc) is 3.36. The molecule has 42 heavy (non-hydrogen) atoms. The Morgan fingerprint density at radius 1 is 1.17 bits per heavy atom. The Hall–Kier alpha value is -4.75. The number of hydrogen-bond donors (Lipinski definition) is 2. The van der Waals surface area contributed by atoms with Gasteiger partial charge in [-0.25, -0.2) is 9.07 Å². The number of aryl methyl sites for hydroxylation is 1. The highest BCUT2D eigenvalue weighted by atomic mass is 19.3. The molecule has 2 atom stereocenters. The van der Waals surface area contributed by atoms with Crippen LogP contribution in [0, 0.1) is 12.7 Å². The van der Waals surface area contributed by atoms with Gasteiger partial charge in [-0.1, -0.05) is 0 Å². The van der Waals surface area contributed by atoms with E-state index in [1.54, 1.807) is 6.07 Å². The monoisotopic (exact) mass is 587 g/mol. The highest BCUT2D eigenvalue weighted by molar-refractivity contribution is 5.95. The van der Waals surface area contributed by atoms with Gasteiger partial charge in [0.25, 0.3) is 17.7 Å². The Morgan fingerprint density at radius 2 is 1.98 bits per heavy atom. The molecule has 1 fully saturated rings. The third-order valence-corrected chi connectivity index (χ3v) is 6.97. The van der Waals surface area contributed by atoms with Crippen LogP contribution >= 0.6 is 0 Å². The molecule has 14 heteroatoms. The summed E-state index contributed by atoms with van der Waals surface area (Å²) in [7, 11) is 1.41. The van der Waals surface area contributed by atoms with Crippen LogP contribution in [0.25, 0.3) is 0 Å². The number of amides is 3. The average molecular weight is 588 g/mol. The maximum atomic E-state index is 14.5. The predicted octanol–water partition coefficient (Wildman–Crippen LogP) is 2.84. The third-order valence-electron chi connectivity index (χ3n) is 6.97. The summed E-state index contributed by atoms with van der Waals surface area (Å²) in [6.45, 7) is -1.73. The van der Waals surface area contributed by atoms with Gasteiger partial charge in [0.15, 0.2) is 23.8 Å². The van der Waals surface area contributed by atoms with E-state index in [2.05, 4.69) is 15.7 Å². The second kappa shape index (κ2) is 12.0. The Bertz CT molecular complexity index is 1510. The third kappa shape index (κ3) is 6.26. The molecule has 2 aromatic carbocycles. The number of carbonyl (C=O) groups is 3. The molecular formula is C28H28F3N5O6. The Balaban J connectivity index is 1.46. The number of halogens is 3. The summed E-state index contributed by atoms with van der Waals surface area (Å²) in [4.78, 5) is 40.4. The highest BCUT2D eigenvalue weighted by Crippen LogP contribution is 2.29. The molecule has 2 aliphatic rings. The number of hydrogen-bond acceptors (Lipinski definition) is 7. The molecule has 3 heterocycles. The van der Waals surface area contributed by atoms with E-state index in [0.717, 1.165) is 0 Å². The summed E-state index contributed by atoms with van der Waals surface area (Å²) < 4.78 is 58.5.